The number of hydrogen-bond acceptors (Lipinski definition) is 8. The second-order valence-corrected chi connectivity index (χ2v) is 6.73. The van der Waals surface area contributed by atoms with Crippen LogP contribution in [0, 0.1) is 6.92 Å². The van der Waals surface area contributed by atoms with Gasteiger partial charge < -0.3 is 9.84 Å². The molecule has 7 nitrogen and oxygen atoms in total. The Morgan fingerprint density at radius 1 is 1.52 bits per heavy atom. The van der Waals surface area contributed by atoms with Gasteiger partial charge in [-0.25, -0.2) is 5.43 Å². The van der Waals surface area contributed by atoms with Crippen molar-refractivity contribution in [1.82, 2.24) is 15.6 Å². The number of phenols is 1. The molecule has 1 amide bonds. The zero-order valence-electron chi connectivity index (χ0n) is 12.6. The number of carbonyl (C=O) groups excluding carboxylic acids is 1. The van der Waals surface area contributed by atoms with E-state index in [1.165, 1.54) is 35.4 Å². The first-order valence-electron chi connectivity index (χ1n) is 6.79. The Morgan fingerprint density at radius 3 is 3.04 bits per heavy atom. The highest BCUT2D eigenvalue weighted by Crippen LogP contribution is 2.26. The van der Waals surface area contributed by atoms with Crippen molar-refractivity contribution in [1.29, 1.82) is 0 Å². The number of nitrogens with zero attached hydrogens (tertiary/aromatic N) is 3. The Hall–Kier alpha value is -2.13. The molecule has 1 heterocycles. The van der Waals surface area contributed by atoms with E-state index >= 15 is 0 Å². The van der Waals surface area contributed by atoms with Crippen LogP contribution < -0.4 is 10.2 Å². The van der Waals surface area contributed by atoms with Gasteiger partial charge in [0.2, 0.25) is 0 Å². The number of aryl methyl sites for hydroxylation is 1. The Labute approximate surface area is 141 Å². The van der Waals surface area contributed by atoms with Gasteiger partial charge in [0.25, 0.3) is 5.91 Å². The average molecular weight is 352 g/mol. The third-order valence-corrected chi connectivity index (χ3v) is 4.49. The minimum atomic E-state index is -0.233. The highest BCUT2D eigenvalue weighted by atomic mass is 32.2. The van der Waals surface area contributed by atoms with Crippen molar-refractivity contribution in [3.8, 4) is 11.5 Å². The molecule has 9 heteroatoms. The van der Waals surface area contributed by atoms with Crippen molar-refractivity contribution >= 4 is 35.2 Å². The van der Waals surface area contributed by atoms with Crippen molar-refractivity contribution < 1.29 is 14.6 Å². The van der Waals surface area contributed by atoms with Crippen LogP contribution in [0.25, 0.3) is 0 Å². The van der Waals surface area contributed by atoms with Crippen LogP contribution in [0.4, 0.5) is 0 Å². The molecule has 0 fully saturated rings. The van der Waals surface area contributed by atoms with E-state index in [9.17, 15) is 9.90 Å². The highest BCUT2D eigenvalue weighted by molar-refractivity contribution is 8.01. The quantitative estimate of drug-likeness (QED) is 0.450. The minimum Gasteiger partial charge on any atom is -0.504 e. The SMILES string of the molecule is CCOc1cc(/C=N/NC(=O)CSc2nnc(C)s2)ccc1O. The van der Waals surface area contributed by atoms with E-state index in [0.29, 0.717) is 17.9 Å². The number of rotatable bonds is 7. The number of carbonyl (C=O) groups is 1. The number of aromatic hydroxyl groups is 1. The molecule has 0 bridgehead atoms. The van der Waals surface area contributed by atoms with Crippen molar-refractivity contribution in [3.05, 3.63) is 28.8 Å². The molecule has 1 aromatic heterocycles. The molecule has 0 aliphatic heterocycles. The maximum absolute atomic E-state index is 11.7. The number of aromatic nitrogens is 2. The highest BCUT2D eigenvalue weighted by Gasteiger charge is 2.06. The van der Waals surface area contributed by atoms with Gasteiger partial charge in [-0.2, -0.15) is 5.10 Å². The lowest BCUT2D eigenvalue weighted by molar-refractivity contribution is -0.118. The molecule has 0 saturated carbocycles. The van der Waals surface area contributed by atoms with Gasteiger partial charge in [0.05, 0.1) is 18.6 Å². The molecule has 0 aliphatic rings. The third kappa shape index (κ3) is 5.53. The summed E-state index contributed by atoms with van der Waals surface area (Å²) in [5, 5.41) is 22.2. The van der Waals surface area contributed by atoms with Crippen molar-refractivity contribution in [3.63, 3.8) is 0 Å². The summed E-state index contributed by atoms with van der Waals surface area (Å²) in [5.41, 5.74) is 3.14. The summed E-state index contributed by atoms with van der Waals surface area (Å²) in [6, 6.07) is 4.83. The Kier molecular flexibility index (Phi) is 6.36. The predicted octanol–water partition coefficient (Wildman–Crippen LogP) is 2.19. The maximum Gasteiger partial charge on any atom is 0.250 e. The fraction of sp³-hybridized carbons (Fsp3) is 0.286. The molecule has 122 valence electrons. The Morgan fingerprint density at radius 2 is 2.35 bits per heavy atom. The summed E-state index contributed by atoms with van der Waals surface area (Å²) >= 11 is 2.76. The molecule has 2 rings (SSSR count). The number of hydrogen-bond donors (Lipinski definition) is 2. The molecular formula is C14H16N4O3S2. The fourth-order valence-corrected chi connectivity index (χ4v) is 3.17. The van der Waals surface area contributed by atoms with Gasteiger partial charge in [0, 0.05) is 0 Å². The number of nitrogens with one attached hydrogen (secondary N) is 1. The van der Waals surface area contributed by atoms with Gasteiger partial charge in [0.1, 0.15) is 5.01 Å². The Bertz CT molecular complexity index is 703. The van der Waals surface area contributed by atoms with E-state index < -0.39 is 0 Å². The number of hydrazone groups is 1. The van der Waals surface area contributed by atoms with Gasteiger partial charge in [-0.3, -0.25) is 4.79 Å². The number of benzene rings is 1. The molecular weight excluding hydrogens is 336 g/mol. The summed E-state index contributed by atoms with van der Waals surface area (Å²) in [6.45, 7) is 4.14. The standard InChI is InChI=1S/C14H16N4O3S2/c1-3-21-12-6-10(4-5-11(12)19)7-15-17-13(20)8-22-14-18-16-9(2)23-14/h4-7,19H,3,8H2,1-2H3,(H,17,20)/b15-7+. The summed E-state index contributed by atoms with van der Waals surface area (Å²) in [6.07, 6.45) is 1.49. The predicted molar refractivity (Wildman–Crippen MR) is 90.4 cm³/mol. The van der Waals surface area contributed by atoms with E-state index in [1.54, 1.807) is 12.1 Å². The average Bonchev–Trinajstić information content (AvgIpc) is 2.94. The van der Waals surface area contributed by atoms with Crippen LogP contribution in [0.2, 0.25) is 0 Å². The summed E-state index contributed by atoms with van der Waals surface area (Å²) in [7, 11) is 0. The second-order valence-electron chi connectivity index (χ2n) is 4.33. The van der Waals surface area contributed by atoms with E-state index in [-0.39, 0.29) is 17.4 Å². The van der Waals surface area contributed by atoms with E-state index in [4.69, 9.17) is 4.74 Å². The first-order chi connectivity index (χ1) is 11.1. The van der Waals surface area contributed by atoms with Crippen molar-refractivity contribution in [2.24, 2.45) is 5.10 Å². The monoisotopic (exact) mass is 352 g/mol. The minimum absolute atomic E-state index is 0.0665. The van der Waals surface area contributed by atoms with E-state index in [1.807, 2.05) is 13.8 Å². The van der Waals surface area contributed by atoms with Crippen molar-refractivity contribution in [2.75, 3.05) is 12.4 Å². The molecule has 0 spiro atoms. The van der Waals surface area contributed by atoms with Crippen LogP contribution in [0.15, 0.2) is 27.6 Å². The van der Waals surface area contributed by atoms with Crippen LogP contribution in [-0.4, -0.2) is 39.8 Å². The summed E-state index contributed by atoms with van der Waals surface area (Å²) in [4.78, 5) is 11.7. The molecule has 23 heavy (non-hydrogen) atoms. The van der Waals surface area contributed by atoms with Gasteiger partial charge in [0.15, 0.2) is 15.8 Å². The van der Waals surface area contributed by atoms with Gasteiger partial charge in [-0.15, -0.1) is 10.2 Å². The zero-order chi connectivity index (χ0) is 16.7. The normalized spacial score (nSPS) is 10.9. The van der Waals surface area contributed by atoms with Crippen LogP contribution >= 0.6 is 23.1 Å². The summed E-state index contributed by atoms with van der Waals surface area (Å²) in [5.74, 6) is 0.427. The molecule has 0 radical (unpaired) electrons. The Balaban J connectivity index is 1.83. The fourth-order valence-electron chi connectivity index (χ4n) is 1.56. The topological polar surface area (TPSA) is 96.7 Å². The molecule has 0 aliphatic carbocycles. The lowest BCUT2D eigenvalue weighted by Crippen LogP contribution is -2.19. The van der Waals surface area contributed by atoms with Gasteiger partial charge >= 0.3 is 0 Å². The number of ether oxygens (including phenoxy) is 1. The van der Waals surface area contributed by atoms with E-state index in [2.05, 4.69) is 20.7 Å². The van der Waals surface area contributed by atoms with Gasteiger partial charge in [-0.05, 0) is 37.6 Å². The molecule has 0 saturated heterocycles. The van der Waals surface area contributed by atoms with Gasteiger partial charge in [-0.1, -0.05) is 23.1 Å². The zero-order valence-corrected chi connectivity index (χ0v) is 14.3. The smallest absolute Gasteiger partial charge is 0.250 e. The van der Waals surface area contributed by atoms with E-state index in [0.717, 1.165) is 9.35 Å². The number of amides is 1. The maximum atomic E-state index is 11.7. The van der Waals surface area contributed by atoms with Crippen LogP contribution in [0.1, 0.15) is 17.5 Å². The van der Waals surface area contributed by atoms with Crippen LogP contribution in [0.5, 0.6) is 11.5 Å². The second kappa shape index (κ2) is 8.49. The van der Waals surface area contributed by atoms with Crippen LogP contribution in [0.3, 0.4) is 0 Å². The summed E-state index contributed by atoms with van der Waals surface area (Å²) < 4.78 is 6.03. The molecule has 0 atom stereocenters. The lowest BCUT2D eigenvalue weighted by Gasteiger charge is -2.05. The molecule has 2 aromatic rings. The molecule has 1 aromatic carbocycles. The number of thioether (sulfide) groups is 1. The number of phenolic OH excluding ortho intramolecular Hbond substituents is 1. The van der Waals surface area contributed by atoms with Crippen molar-refractivity contribution in [2.45, 2.75) is 18.2 Å². The molecule has 2 N–H and O–H groups in total. The first-order valence-corrected chi connectivity index (χ1v) is 8.59. The first kappa shape index (κ1) is 17.2. The van der Waals surface area contributed by atoms with Crippen LogP contribution in [-0.2, 0) is 4.79 Å². The third-order valence-electron chi connectivity index (χ3n) is 2.52. The lowest BCUT2D eigenvalue weighted by atomic mass is 10.2. The largest absolute Gasteiger partial charge is 0.504 e. The molecule has 0 unspecified atom stereocenters.